The van der Waals surface area contributed by atoms with Crippen LogP contribution in [-0.4, -0.2) is 30.1 Å². The summed E-state index contributed by atoms with van der Waals surface area (Å²) in [6, 6.07) is 0.141. The zero-order valence-electron chi connectivity index (χ0n) is 5.21. The summed E-state index contributed by atoms with van der Waals surface area (Å²) >= 11 is 0. The minimum Gasteiger partial charge on any atom is -0.395 e. The van der Waals surface area contributed by atoms with E-state index < -0.39 is 0 Å². The van der Waals surface area contributed by atoms with Gasteiger partial charge in [-0.05, 0) is 12.8 Å². The number of aliphatic hydroxyl groups excluding tert-OH is 1. The molecule has 1 rings (SSSR count). The largest absolute Gasteiger partial charge is 0.395 e. The molecule has 1 fully saturated rings. The highest BCUT2D eigenvalue weighted by atomic mass is 16.3. The van der Waals surface area contributed by atoms with Crippen molar-refractivity contribution in [3.8, 4) is 0 Å². The Morgan fingerprint density at radius 2 is 2.44 bits per heavy atom. The van der Waals surface area contributed by atoms with Crippen LogP contribution in [0.25, 0.3) is 0 Å². The van der Waals surface area contributed by atoms with Gasteiger partial charge in [-0.3, -0.25) is 0 Å². The van der Waals surface area contributed by atoms with Crippen LogP contribution in [0.1, 0.15) is 12.8 Å². The first-order chi connectivity index (χ1) is 4.36. The van der Waals surface area contributed by atoms with Crippen molar-refractivity contribution >= 4 is 6.29 Å². The molecule has 0 radical (unpaired) electrons. The zero-order valence-corrected chi connectivity index (χ0v) is 5.21. The predicted octanol–water partition coefficient (Wildman–Crippen LogP) is -0.702. The fourth-order valence-corrected chi connectivity index (χ4v) is 1.10. The molecule has 0 aliphatic carbocycles. The first-order valence-corrected chi connectivity index (χ1v) is 3.19. The monoisotopic (exact) mass is 129 g/mol. The second kappa shape index (κ2) is 2.94. The Labute approximate surface area is 54.1 Å². The number of aldehydes is 1. The van der Waals surface area contributed by atoms with Crippen LogP contribution in [0.15, 0.2) is 0 Å². The number of nitrogens with one attached hydrogen (secondary N) is 1. The van der Waals surface area contributed by atoms with Crippen LogP contribution >= 0.6 is 0 Å². The van der Waals surface area contributed by atoms with Gasteiger partial charge in [0.2, 0.25) is 0 Å². The number of aliphatic hydroxyl groups is 1. The van der Waals surface area contributed by atoms with Crippen LogP contribution in [0.2, 0.25) is 0 Å². The highest BCUT2D eigenvalue weighted by Gasteiger charge is 2.21. The Morgan fingerprint density at radius 3 is 2.78 bits per heavy atom. The molecular formula is C6H11NO2. The van der Waals surface area contributed by atoms with Gasteiger partial charge in [0, 0.05) is 6.04 Å². The maximum absolute atomic E-state index is 10.1. The van der Waals surface area contributed by atoms with E-state index in [1.165, 1.54) is 0 Å². The van der Waals surface area contributed by atoms with E-state index in [4.69, 9.17) is 5.11 Å². The molecule has 0 aromatic rings. The average molecular weight is 129 g/mol. The van der Waals surface area contributed by atoms with E-state index in [1.807, 2.05) is 0 Å². The quantitative estimate of drug-likeness (QED) is 0.485. The molecule has 1 saturated heterocycles. The third-order valence-electron chi connectivity index (χ3n) is 1.66. The molecule has 3 nitrogen and oxygen atoms in total. The van der Waals surface area contributed by atoms with Crippen molar-refractivity contribution in [2.24, 2.45) is 0 Å². The molecule has 1 unspecified atom stereocenters. The molecular weight excluding hydrogens is 118 g/mol. The summed E-state index contributed by atoms with van der Waals surface area (Å²) in [7, 11) is 0. The van der Waals surface area contributed by atoms with Gasteiger partial charge in [-0.1, -0.05) is 0 Å². The van der Waals surface area contributed by atoms with Gasteiger partial charge >= 0.3 is 0 Å². The number of carbonyl (C=O) groups is 1. The molecule has 0 amide bonds. The standard InChI is InChI=1S/C6H11NO2/c8-3-5-1-2-6(4-9)7-5/h3,5-7,9H,1-2,4H2/t5?,6-/m0/s1. The summed E-state index contributed by atoms with van der Waals surface area (Å²) in [5.41, 5.74) is 0. The van der Waals surface area contributed by atoms with Gasteiger partial charge in [0.25, 0.3) is 0 Å². The first-order valence-electron chi connectivity index (χ1n) is 3.19. The van der Waals surface area contributed by atoms with Gasteiger partial charge in [0.1, 0.15) is 6.29 Å². The number of hydrogen-bond donors (Lipinski definition) is 2. The van der Waals surface area contributed by atoms with Gasteiger partial charge in [-0.2, -0.15) is 0 Å². The molecule has 52 valence electrons. The SMILES string of the molecule is O=CC1CC[C@@H](CO)N1. The molecule has 2 atom stereocenters. The van der Waals surface area contributed by atoms with Crippen LogP contribution < -0.4 is 5.32 Å². The molecule has 9 heavy (non-hydrogen) atoms. The van der Waals surface area contributed by atoms with Crippen LogP contribution in [-0.2, 0) is 4.79 Å². The van der Waals surface area contributed by atoms with Crippen molar-refractivity contribution in [2.75, 3.05) is 6.61 Å². The van der Waals surface area contributed by atoms with E-state index in [2.05, 4.69) is 5.32 Å². The maximum atomic E-state index is 10.1. The van der Waals surface area contributed by atoms with Gasteiger partial charge in [0.15, 0.2) is 0 Å². The second-order valence-corrected chi connectivity index (χ2v) is 2.37. The minimum atomic E-state index is -0.0119. The van der Waals surface area contributed by atoms with E-state index in [0.717, 1.165) is 19.1 Å². The maximum Gasteiger partial charge on any atom is 0.136 e. The van der Waals surface area contributed by atoms with Gasteiger partial charge in [0.05, 0.1) is 12.6 Å². The molecule has 0 bridgehead atoms. The summed E-state index contributed by atoms with van der Waals surface area (Å²) < 4.78 is 0. The Balaban J connectivity index is 2.28. The summed E-state index contributed by atoms with van der Waals surface area (Å²) in [6.07, 6.45) is 2.68. The third kappa shape index (κ3) is 1.50. The number of carbonyl (C=O) groups excluding carboxylic acids is 1. The lowest BCUT2D eigenvalue weighted by atomic mass is 10.2. The normalized spacial score (nSPS) is 34.8. The second-order valence-electron chi connectivity index (χ2n) is 2.37. The highest BCUT2D eigenvalue weighted by Crippen LogP contribution is 2.09. The molecule has 2 N–H and O–H groups in total. The van der Waals surface area contributed by atoms with Crippen molar-refractivity contribution < 1.29 is 9.90 Å². The Bertz CT molecular complexity index is 105. The van der Waals surface area contributed by atoms with Crippen LogP contribution in [0.3, 0.4) is 0 Å². The van der Waals surface area contributed by atoms with Gasteiger partial charge in [-0.25, -0.2) is 0 Å². The molecule has 0 aromatic carbocycles. The Kier molecular flexibility index (Phi) is 2.19. The van der Waals surface area contributed by atoms with Gasteiger partial charge < -0.3 is 15.2 Å². The lowest BCUT2D eigenvalue weighted by molar-refractivity contribution is -0.109. The topological polar surface area (TPSA) is 49.3 Å². The van der Waals surface area contributed by atoms with Crippen molar-refractivity contribution in [2.45, 2.75) is 24.9 Å². The van der Waals surface area contributed by atoms with Crippen molar-refractivity contribution in [1.29, 1.82) is 0 Å². The summed E-state index contributed by atoms with van der Waals surface area (Å²) in [4.78, 5) is 10.1. The van der Waals surface area contributed by atoms with Crippen LogP contribution in [0, 0.1) is 0 Å². The summed E-state index contributed by atoms with van der Waals surface area (Å²) in [6.45, 7) is 0.143. The summed E-state index contributed by atoms with van der Waals surface area (Å²) in [5.74, 6) is 0. The van der Waals surface area contributed by atoms with Crippen LogP contribution in [0.4, 0.5) is 0 Å². The average Bonchev–Trinajstić information content (AvgIpc) is 2.34. The van der Waals surface area contributed by atoms with E-state index >= 15 is 0 Å². The van der Waals surface area contributed by atoms with Crippen molar-refractivity contribution in [3.05, 3.63) is 0 Å². The van der Waals surface area contributed by atoms with E-state index in [9.17, 15) is 4.79 Å². The van der Waals surface area contributed by atoms with Crippen molar-refractivity contribution in [3.63, 3.8) is 0 Å². The van der Waals surface area contributed by atoms with E-state index in [-0.39, 0.29) is 18.7 Å². The first kappa shape index (κ1) is 6.71. The molecule has 0 aromatic heterocycles. The minimum absolute atomic E-state index is 0.0119. The zero-order chi connectivity index (χ0) is 6.69. The Hall–Kier alpha value is -0.410. The number of hydrogen-bond acceptors (Lipinski definition) is 3. The molecule has 1 aliphatic rings. The lowest BCUT2D eigenvalue weighted by Gasteiger charge is -2.04. The van der Waals surface area contributed by atoms with Crippen molar-refractivity contribution in [1.82, 2.24) is 5.32 Å². The number of rotatable bonds is 2. The predicted molar refractivity (Wildman–Crippen MR) is 33.1 cm³/mol. The highest BCUT2D eigenvalue weighted by molar-refractivity contribution is 5.58. The molecule has 1 heterocycles. The third-order valence-corrected chi connectivity index (χ3v) is 1.66. The molecule has 1 aliphatic heterocycles. The van der Waals surface area contributed by atoms with E-state index in [0.29, 0.717) is 0 Å². The lowest BCUT2D eigenvalue weighted by Crippen LogP contribution is -2.32. The van der Waals surface area contributed by atoms with Gasteiger partial charge in [-0.15, -0.1) is 0 Å². The van der Waals surface area contributed by atoms with Crippen LogP contribution in [0.5, 0.6) is 0 Å². The summed E-state index contributed by atoms with van der Waals surface area (Å²) in [5, 5.41) is 11.6. The van der Waals surface area contributed by atoms with E-state index in [1.54, 1.807) is 0 Å². The fourth-order valence-electron chi connectivity index (χ4n) is 1.10. The molecule has 3 heteroatoms. The smallest absolute Gasteiger partial charge is 0.136 e. The molecule has 0 spiro atoms. The molecule has 0 saturated carbocycles. The fraction of sp³-hybridized carbons (Fsp3) is 0.833. The Morgan fingerprint density at radius 1 is 1.67 bits per heavy atom.